The first-order valence-corrected chi connectivity index (χ1v) is 4.47. The standard InChI is InChI=1S/C10H13N3O2/c1-4-10(2,3)12-9-6-5-8(7-11-9)13(14)15/h4-7H,1H2,2-3H3,(H,11,12). The molecule has 1 aromatic rings. The van der Waals surface area contributed by atoms with Gasteiger partial charge in [-0.05, 0) is 19.9 Å². The van der Waals surface area contributed by atoms with Gasteiger partial charge in [0.2, 0.25) is 0 Å². The number of hydrogen-bond donors (Lipinski definition) is 1. The second-order valence-corrected chi connectivity index (χ2v) is 3.71. The molecule has 1 aromatic heterocycles. The summed E-state index contributed by atoms with van der Waals surface area (Å²) < 4.78 is 0. The van der Waals surface area contributed by atoms with Gasteiger partial charge in [0.1, 0.15) is 12.0 Å². The zero-order valence-electron chi connectivity index (χ0n) is 8.73. The number of nitro groups is 1. The minimum Gasteiger partial charge on any atom is -0.362 e. The molecule has 0 aliphatic carbocycles. The molecule has 1 heterocycles. The molecule has 0 fully saturated rings. The van der Waals surface area contributed by atoms with Crippen LogP contribution in [0.2, 0.25) is 0 Å². The van der Waals surface area contributed by atoms with Crippen LogP contribution in [0.25, 0.3) is 0 Å². The van der Waals surface area contributed by atoms with E-state index in [2.05, 4.69) is 16.9 Å². The van der Waals surface area contributed by atoms with Crippen LogP contribution in [-0.2, 0) is 0 Å². The largest absolute Gasteiger partial charge is 0.362 e. The predicted octanol–water partition coefficient (Wildman–Crippen LogP) is 2.37. The normalized spacial score (nSPS) is 10.8. The molecule has 5 heteroatoms. The Morgan fingerprint density at radius 3 is 2.67 bits per heavy atom. The summed E-state index contributed by atoms with van der Waals surface area (Å²) >= 11 is 0. The molecule has 0 atom stereocenters. The number of rotatable bonds is 4. The number of nitrogens with one attached hydrogen (secondary N) is 1. The second kappa shape index (κ2) is 4.08. The van der Waals surface area contributed by atoms with E-state index < -0.39 is 4.92 Å². The third-order valence-corrected chi connectivity index (χ3v) is 1.92. The van der Waals surface area contributed by atoms with Crippen LogP contribution in [0.1, 0.15) is 13.8 Å². The highest BCUT2D eigenvalue weighted by Crippen LogP contribution is 2.16. The van der Waals surface area contributed by atoms with E-state index in [4.69, 9.17) is 0 Å². The van der Waals surface area contributed by atoms with Gasteiger partial charge < -0.3 is 5.32 Å². The van der Waals surface area contributed by atoms with Gasteiger partial charge in [0.05, 0.1) is 10.5 Å². The lowest BCUT2D eigenvalue weighted by Gasteiger charge is -2.22. The minimum atomic E-state index is -0.477. The van der Waals surface area contributed by atoms with Crippen LogP contribution in [0.15, 0.2) is 31.0 Å². The first kappa shape index (κ1) is 11.2. The molecule has 0 saturated heterocycles. The molecule has 0 amide bonds. The zero-order chi connectivity index (χ0) is 11.5. The molecule has 0 unspecified atom stereocenters. The lowest BCUT2D eigenvalue weighted by molar-refractivity contribution is -0.385. The summed E-state index contributed by atoms with van der Waals surface area (Å²) in [6.07, 6.45) is 2.97. The van der Waals surface area contributed by atoms with Crippen LogP contribution in [0.3, 0.4) is 0 Å². The quantitative estimate of drug-likeness (QED) is 0.467. The van der Waals surface area contributed by atoms with Crippen LogP contribution in [-0.4, -0.2) is 15.4 Å². The van der Waals surface area contributed by atoms with E-state index >= 15 is 0 Å². The Labute approximate surface area is 88.0 Å². The van der Waals surface area contributed by atoms with Gasteiger partial charge in [0.15, 0.2) is 0 Å². The third kappa shape index (κ3) is 3.05. The molecule has 5 nitrogen and oxygen atoms in total. The minimum absolute atomic E-state index is 0.0167. The Balaban J connectivity index is 2.81. The van der Waals surface area contributed by atoms with Crippen LogP contribution in [0.4, 0.5) is 11.5 Å². The fraction of sp³-hybridized carbons (Fsp3) is 0.300. The van der Waals surface area contributed by atoms with Crippen molar-refractivity contribution in [3.05, 3.63) is 41.1 Å². The predicted molar refractivity (Wildman–Crippen MR) is 58.8 cm³/mol. The average Bonchev–Trinajstić information content (AvgIpc) is 2.18. The van der Waals surface area contributed by atoms with Crippen LogP contribution < -0.4 is 5.32 Å². The zero-order valence-corrected chi connectivity index (χ0v) is 8.73. The molecule has 0 radical (unpaired) electrons. The lowest BCUT2D eigenvalue weighted by Crippen LogP contribution is -2.28. The van der Waals surface area contributed by atoms with Crippen LogP contribution >= 0.6 is 0 Å². The van der Waals surface area contributed by atoms with Crippen molar-refractivity contribution in [1.29, 1.82) is 0 Å². The SMILES string of the molecule is C=CC(C)(C)Nc1ccc([N+](=O)[O-])cn1. The highest BCUT2D eigenvalue weighted by molar-refractivity contribution is 5.43. The van der Waals surface area contributed by atoms with Gasteiger partial charge in [-0.15, -0.1) is 6.58 Å². The highest BCUT2D eigenvalue weighted by atomic mass is 16.6. The Morgan fingerprint density at radius 1 is 1.60 bits per heavy atom. The Hall–Kier alpha value is -1.91. The van der Waals surface area contributed by atoms with Crippen molar-refractivity contribution in [3.63, 3.8) is 0 Å². The number of hydrogen-bond acceptors (Lipinski definition) is 4. The van der Waals surface area contributed by atoms with Gasteiger partial charge in [-0.1, -0.05) is 6.08 Å². The molecule has 80 valence electrons. The van der Waals surface area contributed by atoms with Crippen molar-refractivity contribution in [2.45, 2.75) is 19.4 Å². The van der Waals surface area contributed by atoms with E-state index in [-0.39, 0.29) is 11.2 Å². The Morgan fingerprint density at radius 2 is 2.27 bits per heavy atom. The van der Waals surface area contributed by atoms with Crippen molar-refractivity contribution in [2.24, 2.45) is 0 Å². The van der Waals surface area contributed by atoms with E-state index in [1.807, 2.05) is 13.8 Å². The Bertz CT molecular complexity index is 371. The van der Waals surface area contributed by atoms with Crippen LogP contribution in [0.5, 0.6) is 0 Å². The number of pyridine rings is 1. The lowest BCUT2D eigenvalue weighted by atomic mass is 10.1. The first-order chi connectivity index (χ1) is 6.94. The number of aromatic nitrogens is 1. The second-order valence-electron chi connectivity index (χ2n) is 3.71. The molecule has 1 N–H and O–H groups in total. The first-order valence-electron chi connectivity index (χ1n) is 4.47. The van der Waals surface area contributed by atoms with Crippen LogP contribution in [0, 0.1) is 10.1 Å². The molecular weight excluding hydrogens is 194 g/mol. The van der Waals surface area contributed by atoms with E-state index in [0.29, 0.717) is 5.82 Å². The van der Waals surface area contributed by atoms with Crippen molar-refractivity contribution in [3.8, 4) is 0 Å². The summed E-state index contributed by atoms with van der Waals surface area (Å²) in [4.78, 5) is 13.8. The van der Waals surface area contributed by atoms with E-state index in [9.17, 15) is 10.1 Å². The van der Waals surface area contributed by atoms with Crippen molar-refractivity contribution < 1.29 is 4.92 Å². The third-order valence-electron chi connectivity index (χ3n) is 1.92. The maximum atomic E-state index is 10.4. The maximum absolute atomic E-state index is 10.4. The van der Waals surface area contributed by atoms with E-state index in [1.54, 1.807) is 12.1 Å². The number of anilines is 1. The van der Waals surface area contributed by atoms with Crippen molar-refractivity contribution in [1.82, 2.24) is 4.98 Å². The monoisotopic (exact) mass is 207 g/mol. The van der Waals surface area contributed by atoms with E-state index in [1.165, 1.54) is 12.3 Å². The molecule has 0 bridgehead atoms. The highest BCUT2D eigenvalue weighted by Gasteiger charge is 2.13. The fourth-order valence-corrected chi connectivity index (χ4v) is 0.949. The van der Waals surface area contributed by atoms with Gasteiger partial charge in [-0.25, -0.2) is 4.98 Å². The summed E-state index contributed by atoms with van der Waals surface area (Å²) in [6.45, 7) is 7.54. The summed E-state index contributed by atoms with van der Waals surface area (Å²) in [6, 6.07) is 2.98. The van der Waals surface area contributed by atoms with E-state index in [0.717, 1.165) is 0 Å². The molecule has 1 rings (SSSR count). The summed E-state index contributed by atoms with van der Waals surface area (Å²) in [5.41, 5.74) is -0.305. The topological polar surface area (TPSA) is 68.1 Å². The molecule has 0 aliphatic heterocycles. The van der Waals surface area contributed by atoms with Crippen molar-refractivity contribution >= 4 is 11.5 Å². The van der Waals surface area contributed by atoms with Gasteiger partial charge >= 0.3 is 0 Å². The smallest absolute Gasteiger partial charge is 0.287 e. The van der Waals surface area contributed by atoms with Gasteiger partial charge in [-0.2, -0.15) is 0 Å². The number of nitrogens with zero attached hydrogens (tertiary/aromatic N) is 2. The molecule has 15 heavy (non-hydrogen) atoms. The van der Waals surface area contributed by atoms with Gasteiger partial charge in [-0.3, -0.25) is 10.1 Å². The molecule has 0 saturated carbocycles. The Kier molecular flexibility index (Phi) is 3.04. The molecule has 0 aromatic carbocycles. The molecule has 0 aliphatic rings. The summed E-state index contributed by atoms with van der Waals surface area (Å²) in [7, 11) is 0. The van der Waals surface area contributed by atoms with Crippen molar-refractivity contribution in [2.75, 3.05) is 5.32 Å². The maximum Gasteiger partial charge on any atom is 0.287 e. The summed E-state index contributed by atoms with van der Waals surface area (Å²) in [5.74, 6) is 0.588. The molecule has 0 spiro atoms. The molecular formula is C10H13N3O2. The van der Waals surface area contributed by atoms with Gasteiger partial charge in [0.25, 0.3) is 5.69 Å². The summed E-state index contributed by atoms with van der Waals surface area (Å²) in [5, 5.41) is 13.5. The average molecular weight is 207 g/mol. The van der Waals surface area contributed by atoms with Gasteiger partial charge in [0, 0.05) is 6.07 Å². The fourth-order valence-electron chi connectivity index (χ4n) is 0.949.